The minimum absolute atomic E-state index is 0. The van der Waals surface area contributed by atoms with Crippen LogP contribution in [0.3, 0.4) is 0 Å². The van der Waals surface area contributed by atoms with Crippen LogP contribution >= 0.6 is 12.4 Å². The highest BCUT2D eigenvalue weighted by molar-refractivity contribution is 5.93. The molecule has 0 fully saturated rings. The highest BCUT2D eigenvalue weighted by atomic mass is 35.5. The number of carbonyl (C=O) groups excluding carboxylic acids is 1. The van der Waals surface area contributed by atoms with Gasteiger partial charge in [-0.3, -0.25) is 9.78 Å². The predicted molar refractivity (Wildman–Crippen MR) is 86.6 cm³/mol. The molecule has 1 aromatic heterocycles. The lowest BCUT2D eigenvalue weighted by atomic mass is 10.2. The van der Waals surface area contributed by atoms with E-state index in [0.29, 0.717) is 12.1 Å². The molecule has 2 N–H and O–H groups in total. The van der Waals surface area contributed by atoms with Gasteiger partial charge < -0.3 is 10.6 Å². The summed E-state index contributed by atoms with van der Waals surface area (Å²) >= 11 is 0. The standard InChI is InChI=1S/C16H19N3O.ClH/c20-16(15-8-4-9-18-13-15)19-11-5-10-17-12-14-6-2-1-3-7-14;/h1-4,6-9,13,17H,5,10-12H2,(H,19,20);1H. The molecule has 112 valence electrons. The van der Waals surface area contributed by atoms with Crippen molar-refractivity contribution in [3.05, 3.63) is 66.0 Å². The Morgan fingerprint density at radius 2 is 1.86 bits per heavy atom. The van der Waals surface area contributed by atoms with Crippen LogP contribution < -0.4 is 10.6 Å². The third-order valence-electron chi connectivity index (χ3n) is 2.91. The van der Waals surface area contributed by atoms with Crippen LogP contribution in [0.15, 0.2) is 54.9 Å². The van der Waals surface area contributed by atoms with Gasteiger partial charge in [0.05, 0.1) is 5.56 Å². The van der Waals surface area contributed by atoms with Crippen LogP contribution in [0.25, 0.3) is 0 Å². The normalized spacial score (nSPS) is 9.71. The van der Waals surface area contributed by atoms with Gasteiger partial charge in [0, 0.05) is 25.5 Å². The van der Waals surface area contributed by atoms with E-state index in [0.717, 1.165) is 19.5 Å². The molecular formula is C16H20ClN3O. The van der Waals surface area contributed by atoms with Gasteiger partial charge >= 0.3 is 0 Å². The molecule has 0 aliphatic rings. The molecule has 0 aliphatic heterocycles. The maximum absolute atomic E-state index is 11.7. The van der Waals surface area contributed by atoms with Crippen molar-refractivity contribution in [2.75, 3.05) is 13.1 Å². The number of carbonyl (C=O) groups is 1. The van der Waals surface area contributed by atoms with Crippen molar-refractivity contribution in [2.24, 2.45) is 0 Å². The summed E-state index contributed by atoms with van der Waals surface area (Å²) in [4.78, 5) is 15.7. The average Bonchev–Trinajstić information content (AvgIpc) is 2.52. The zero-order valence-corrected chi connectivity index (χ0v) is 12.6. The topological polar surface area (TPSA) is 54.0 Å². The van der Waals surface area contributed by atoms with E-state index in [4.69, 9.17) is 0 Å². The van der Waals surface area contributed by atoms with Gasteiger partial charge in [0.2, 0.25) is 0 Å². The molecule has 0 aliphatic carbocycles. The second kappa shape index (κ2) is 9.91. The Kier molecular flexibility index (Phi) is 8.09. The van der Waals surface area contributed by atoms with E-state index in [1.54, 1.807) is 24.5 Å². The lowest BCUT2D eigenvalue weighted by Crippen LogP contribution is -2.27. The predicted octanol–water partition coefficient (Wildman–Crippen LogP) is 2.41. The van der Waals surface area contributed by atoms with Crippen molar-refractivity contribution >= 4 is 18.3 Å². The molecule has 0 bridgehead atoms. The molecule has 1 aromatic carbocycles. The molecule has 2 rings (SSSR count). The zero-order chi connectivity index (χ0) is 14.0. The van der Waals surface area contributed by atoms with Crippen LogP contribution in [-0.2, 0) is 6.54 Å². The zero-order valence-electron chi connectivity index (χ0n) is 11.8. The third-order valence-corrected chi connectivity index (χ3v) is 2.91. The molecule has 0 radical (unpaired) electrons. The monoisotopic (exact) mass is 305 g/mol. The van der Waals surface area contributed by atoms with Gasteiger partial charge in [0.1, 0.15) is 0 Å². The van der Waals surface area contributed by atoms with Crippen molar-refractivity contribution in [3.63, 3.8) is 0 Å². The van der Waals surface area contributed by atoms with Gasteiger partial charge in [-0.2, -0.15) is 0 Å². The molecule has 0 unspecified atom stereocenters. The quantitative estimate of drug-likeness (QED) is 0.772. The van der Waals surface area contributed by atoms with E-state index < -0.39 is 0 Å². The number of aromatic nitrogens is 1. The SMILES string of the molecule is Cl.O=C(NCCCNCc1ccccc1)c1cccnc1. The van der Waals surface area contributed by atoms with Crippen molar-refractivity contribution in [2.45, 2.75) is 13.0 Å². The minimum Gasteiger partial charge on any atom is -0.352 e. The summed E-state index contributed by atoms with van der Waals surface area (Å²) in [6.45, 7) is 2.40. The van der Waals surface area contributed by atoms with Gasteiger partial charge in [-0.15, -0.1) is 12.4 Å². The summed E-state index contributed by atoms with van der Waals surface area (Å²) in [7, 11) is 0. The summed E-state index contributed by atoms with van der Waals surface area (Å²) < 4.78 is 0. The molecule has 2 aromatic rings. The first-order valence-corrected chi connectivity index (χ1v) is 6.79. The highest BCUT2D eigenvalue weighted by Gasteiger charge is 2.03. The fourth-order valence-electron chi connectivity index (χ4n) is 1.84. The van der Waals surface area contributed by atoms with Crippen LogP contribution in [0.4, 0.5) is 0 Å². The molecule has 0 saturated carbocycles. The Morgan fingerprint density at radius 1 is 1.05 bits per heavy atom. The molecule has 4 nitrogen and oxygen atoms in total. The lowest BCUT2D eigenvalue weighted by molar-refractivity contribution is 0.0953. The number of pyridine rings is 1. The Labute approximate surface area is 131 Å². The second-order valence-electron chi connectivity index (χ2n) is 4.51. The molecule has 0 saturated heterocycles. The Bertz CT molecular complexity index is 520. The summed E-state index contributed by atoms with van der Waals surface area (Å²) in [5, 5.41) is 6.23. The summed E-state index contributed by atoms with van der Waals surface area (Å²) in [6.07, 6.45) is 4.13. The van der Waals surface area contributed by atoms with E-state index in [9.17, 15) is 4.79 Å². The Morgan fingerprint density at radius 3 is 2.57 bits per heavy atom. The molecule has 5 heteroatoms. The van der Waals surface area contributed by atoms with Crippen molar-refractivity contribution < 1.29 is 4.79 Å². The van der Waals surface area contributed by atoms with Crippen molar-refractivity contribution in [3.8, 4) is 0 Å². The van der Waals surface area contributed by atoms with Gasteiger partial charge in [-0.25, -0.2) is 0 Å². The van der Waals surface area contributed by atoms with Gasteiger partial charge in [0.25, 0.3) is 5.91 Å². The number of amides is 1. The van der Waals surface area contributed by atoms with Crippen LogP contribution in [0.1, 0.15) is 22.3 Å². The van der Waals surface area contributed by atoms with Crippen LogP contribution in [0.5, 0.6) is 0 Å². The van der Waals surface area contributed by atoms with E-state index in [2.05, 4.69) is 27.8 Å². The first-order chi connectivity index (χ1) is 9.86. The number of nitrogens with zero attached hydrogens (tertiary/aromatic N) is 1. The fraction of sp³-hybridized carbons (Fsp3) is 0.250. The van der Waals surface area contributed by atoms with E-state index in [-0.39, 0.29) is 18.3 Å². The molecule has 1 heterocycles. The number of halogens is 1. The Balaban J connectivity index is 0.00000220. The van der Waals surface area contributed by atoms with E-state index in [1.807, 2.05) is 18.2 Å². The molecular weight excluding hydrogens is 286 g/mol. The second-order valence-corrected chi connectivity index (χ2v) is 4.51. The van der Waals surface area contributed by atoms with Gasteiger partial charge in [0.15, 0.2) is 0 Å². The lowest BCUT2D eigenvalue weighted by Gasteiger charge is -2.06. The van der Waals surface area contributed by atoms with Crippen molar-refractivity contribution in [1.82, 2.24) is 15.6 Å². The maximum Gasteiger partial charge on any atom is 0.252 e. The summed E-state index contributed by atoms with van der Waals surface area (Å²) in [5.41, 5.74) is 1.87. The first-order valence-electron chi connectivity index (χ1n) is 6.79. The number of hydrogen-bond donors (Lipinski definition) is 2. The summed E-state index contributed by atoms with van der Waals surface area (Å²) in [6, 6.07) is 13.8. The summed E-state index contributed by atoms with van der Waals surface area (Å²) in [5.74, 6) is -0.0684. The molecule has 0 spiro atoms. The maximum atomic E-state index is 11.7. The van der Waals surface area contributed by atoms with Gasteiger partial charge in [-0.1, -0.05) is 30.3 Å². The van der Waals surface area contributed by atoms with Crippen molar-refractivity contribution in [1.29, 1.82) is 0 Å². The number of hydrogen-bond acceptors (Lipinski definition) is 3. The first kappa shape index (κ1) is 17.1. The molecule has 1 amide bonds. The van der Waals surface area contributed by atoms with E-state index >= 15 is 0 Å². The molecule has 0 atom stereocenters. The van der Waals surface area contributed by atoms with Crippen LogP contribution in [0.2, 0.25) is 0 Å². The largest absolute Gasteiger partial charge is 0.352 e. The smallest absolute Gasteiger partial charge is 0.252 e. The number of rotatable bonds is 7. The average molecular weight is 306 g/mol. The van der Waals surface area contributed by atoms with E-state index in [1.165, 1.54) is 5.56 Å². The fourth-order valence-corrected chi connectivity index (χ4v) is 1.84. The number of nitrogens with one attached hydrogen (secondary N) is 2. The Hall–Kier alpha value is -1.91. The van der Waals surface area contributed by atoms with Gasteiger partial charge in [-0.05, 0) is 30.7 Å². The third kappa shape index (κ3) is 6.38. The molecule has 21 heavy (non-hydrogen) atoms. The minimum atomic E-state index is -0.0684. The highest BCUT2D eigenvalue weighted by Crippen LogP contribution is 1.97. The van der Waals surface area contributed by atoms with Crippen LogP contribution in [-0.4, -0.2) is 24.0 Å². The van der Waals surface area contributed by atoms with Crippen LogP contribution in [0, 0.1) is 0 Å². The number of benzene rings is 1.